The van der Waals surface area contributed by atoms with Gasteiger partial charge in [-0.15, -0.1) is 0 Å². The van der Waals surface area contributed by atoms with Crippen molar-refractivity contribution in [2.45, 2.75) is 24.9 Å². The molecule has 2 rings (SSSR count). The van der Waals surface area contributed by atoms with Crippen LogP contribution in [0.2, 0.25) is 0 Å². The number of hydrogen-bond donors (Lipinski definition) is 1. The van der Waals surface area contributed by atoms with Crippen LogP contribution in [0.3, 0.4) is 0 Å². The molecule has 82 valence electrons. The van der Waals surface area contributed by atoms with Gasteiger partial charge in [0, 0.05) is 5.92 Å². The summed E-state index contributed by atoms with van der Waals surface area (Å²) < 4.78 is 41.6. The van der Waals surface area contributed by atoms with Crippen molar-refractivity contribution < 1.29 is 27.5 Å². The Labute approximate surface area is 82.5 Å². The first kappa shape index (κ1) is 10.1. The highest BCUT2D eigenvalue weighted by molar-refractivity contribution is 5.89. The summed E-state index contributed by atoms with van der Waals surface area (Å²) in [5.41, 5.74) is -0.801. The van der Waals surface area contributed by atoms with Gasteiger partial charge in [0.25, 0.3) is 0 Å². The summed E-state index contributed by atoms with van der Waals surface area (Å²) in [4.78, 5) is 10.6. The van der Waals surface area contributed by atoms with E-state index in [1.807, 2.05) is 0 Å². The van der Waals surface area contributed by atoms with E-state index in [0.29, 0.717) is 0 Å². The molecule has 0 atom stereocenters. The van der Waals surface area contributed by atoms with E-state index in [0.717, 1.165) is 18.9 Å². The number of hydrogen-bond acceptors (Lipinski definition) is 2. The van der Waals surface area contributed by atoms with E-state index in [1.165, 1.54) is 0 Å². The van der Waals surface area contributed by atoms with E-state index in [4.69, 9.17) is 5.11 Å². The molecule has 0 unspecified atom stereocenters. The second kappa shape index (κ2) is 3.01. The monoisotopic (exact) mass is 220 g/mol. The molecule has 0 amide bonds. The Hall–Kier alpha value is -1.46. The average molecular weight is 220 g/mol. The normalized spacial score (nSPS) is 16.7. The van der Waals surface area contributed by atoms with Crippen molar-refractivity contribution in [1.82, 2.24) is 0 Å². The number of rotatable bonds is 2. The molecule has 15 heavy (non-hydrogen) atoms. The first-order chi connectivity index (χ1) is 6.89. The maximum atomic E-state index is 12.3. The van der Waals surface area contributed by atoms with Crippen LogP contribution in [-0.4, -0.2) is 11.1 Å². The molecule has 1 aromatic rings. The number of halogens is 3. The van der Waals surface area contributed by atoms with Gasteiger partial charge in [-0.1, -0.05) is 0 Å². The van der Waals surface area contributed by atoms with E-state index >= 15 is 0 Å². The topological polar surface area (TPSA) is 50.4 Å². The van der Waals surface area contributed by atoms with Crippen LogP contribution in [0.4, 0.5) is 13.2 Å². The Morgan fingerprint density at radius 3 is 2.40 bits per heavy atom. The smallest absolute Gasteiger partial charge is 0.450 e. The van der Waals surface area contributed by atoms with Gasteiger partial charge < -0.3 is 9.52 Å². The van der Waals surface area contributed by atoms with Gasteiger partial charge >= 0.3 is 12.1 Å². The minimum Gasteiger partial charge on any atom is -0.478 e. The van der Waals surface area contributed by atoms with E-state index in [-0.39, 0.29) is 11.7 Å². The second-order valence-electron chi connectivity index (χ2n) is 3.47. The van der Waals surface area contributed by atoms with Crippen molar-refractivity contribution in [3.8, 4) is 0 Å². The molecule has 0 aromatic carbocycles. The fourth-order valence-electron chi connectivity index (χ4n) is 1.35. The van der Waals surface area contributed by atoms with Crippen molar-refractivity contribution in [2.75, 3.05) is 0 Å². The Bertz CT molecular complexity index is 401. The first-order valence-electron chi connectivity index (χ1n) is 4.34. The molecular weight excluding hydrogens is 213 g/mol. The third-order valence-electron chi connectivity index (χ3n) is 2.22. The van der Waals surface area contributed by atoms with Crippen LogP contribution in [-0.2, 0) is 6.18 Å². The Balaban J connectivity index is 2.46. The zero-order chi connectivity index (χ0) is 11.2. The molecule has 0 saturated heterocycles. The highest BCUT2D eigenvalue weighted by Crippen LogP contribution is 2.44. The van der Waals surface area contributed by atoms with Crippen LogP contribution >= 0.6 is 0 Å². The largest absolute Gasteiger partial charge is 0.478 e. The molecule has 6 heteroatoms. The summed E-state index contributed by atoms with van der Waals surface area (Å²) >= 11 is 0. The number of furan rings is 1. The zero-order valence-corrected chi connectivity index (χ0v) is 7.47. The Kier molecular flexibility index (Phi) is 2.02. The van der Waals surface area contributed by atoms with Gasteiger partial charge in [-0.05, 0) is 18.9 Å². The third-order valence-corrected chi connectivity index (χ3v) is 2.22. The van der Waals surface area contributed by atoms with Crippen molar-refractivity contribution in [3.63, 3.8) is 0 Å². The lowest BCUT2D eigenvalue weighted by Gasteiger charge is -2.02. The molecule has 0 spiro atoms. The fraction of sp³-hybridized carbons (Fsp3) is 0.444. The Morgan fingerprint density at radius 1 is 1.47 bits per heavy atom. The number of alkyl halides is 3. The number of carbonyl (C=O) groups is 1. The van der Waals surface area contributed by atoms with E-state index in [1.54, 1.807) is 0 Å². The molecule has 0 bridgehead atoms. The van der Waals surface area contributed by atoms with Crippen LogP contribution in [0, 0.1) is 0 Å². The lowest BCUT2D eigenvalue weighted by Crippen LogP contribution is -2.09. The highest BCUT2D eigenvalue weighted by Gasteiger charge is 2.42. The van der Waals surface area contributed by atoms with Gasteiger partial charge in [0.1, 0.15) is 11.3 Å². The van der Waals surface area contributed by atoms with Crippen molar-refractivity contribution >= 4 is 5.97 Å². The predicted octanol–water partition coefficient (Wildman–Crippen LogP) is 2.87. The van der Waals surface area contributed by atoms with Gasteiger partial charge in [0.2, 0.25) is 5.76 Å². The summed E-state index contributed by atoms with van der Waals surface area (Å²) in [5.74, 6) is -2.94. The second-order valence-corrected chi connectivity index (χ2v) is 3.47. The van der Waals surface area contributed by atoms with Crippen molar-refractivity contribution in [3.05, 3.63) is 23.2 Å². The fourth-order valence-corrected chi connectivity index (χ4v) is 1.35. The van der Waals surface area contributed by atoms with Gasteiger partial charge in [0.05, 0.1) is 0 Å². The predicted molar refractivity (Wildman–Crippen MR) is 42.6 cm³/mol. The highest BCUT2D eigenvalue weighted by atomic mass is 19.4. The quantitative estimate of drug-likeness (QED) is 0.833. The summed E-state index contributed by atoms with van der Waals surface area (Å²) in [7, 11) is 0. The summed E-state index contributed by atoms with van der Waals surface area (Å²) in [6.45, 7) is 0. The average Bonchev–Trinajstić information content (AvgIpc) is 2.81. The summed E-state index contributed by atoms with van der Waals surface area (Å²) in [6.07, 6.45) is -3.24. The third kappa shape index (κ3) is 1.84. The minimum atomic E-state index is -4.75. The molecule has 1 fully saturated rings. The van der Waals surface area contributed by atoms with E-state index < -0.39 is 23.5 Å². The van der Waals surface area contributed by atoms with Crippen LogP contribution in [0.25, 0.3) is 0 Å². The molecule has 3 nitrogen and oxygen atoms in total. The minimum absolute atomic E-state index is 0.0424. The van der Waals surface area contributed by atoms with Crippen molar-refractivity contribution in [2.24, 2.45) is 0 Å². The first-order valence-corrected chi connectivity index (χ1v) is 4.34. The van der Waals surface area contributed by atoms with Crippen LogP contribution < -0.4 is 0 Å². The van der Waals surface area contributed by atoms with Gasteiger partial charge in [0.15, 0.2) is 0 Å². The van der Waals surface area contributed by atoms with E-state index in [2.05, 4.69) is 4.42 Å². The van der Waals surface area contributed by atoms with Crippen molar-refractivity contribution in [1.29, 1.82) is 0 Å². The molecule has 1 aliphatic rings. The maximum Gasteiger partial charge on any atom is 0.450 e. The summed E-state index contributed by atoms with van der Waals surface area (Å²) in [6, 6.07) is 0.975. The molecule has 1 aliphatic carbocycles. The van der Waals surface area contributed by atoms with Crippen LogP contribution in [0.5, 0.6) is 0 Å². The number of aromatic carboxylic acids is 1. The Morgan fingerprint density at radius 2 is 2.07 bits per heavy atom. The molecule has 1 aromatic heterocycles. The molecular formula is C9H7F3O3. The molecule has 1 N–H and O–H groups in total. The zero-order valence-electron chi connectivity index (χ0n) is 7.47. The van der Waals surface area contributed by atoms with Gasteiger partial charge in [-0.2, -0.15) is 13.2 Å². The molecule has 1 saturated carbocycles. The summed E-state index contributed by atoms with van der Waals surface area (Å²) in [5, 5.41) is 8.58. The molecule has 0 radical (unpaired) electrons. The van der Waals surface area contributed by atoms with Gasteiger partial charge in [-0.3, -0.25) is 0 Å². The maximum absolute atomic E-state index is 12.3. The SMILES string of the molecule is O=C(O)c1cc(C2CC2)oc1C(F)(F)F. The molecule has 1 heterocycles. The van der Waals surface area contributed by atoms with Crippen LogP contribution in [0.15, 0.2) is 10.5 Å². The number of carboxylic acid groups (broad SMARTS) is 1. The molecule has 0 aliphatic heterocycles. The van der Waals surface area contributed by atoms with Crippen LogP contribution in [0.1, 0.15) is 40.6 Å². The lowest BCUT2D eigenvalue weighted by atomic mass is 10.2. The lowest BCUT2D eigenvalue weighted by molar-refractivity contribution is -0.153. The van der Waals surface area contributed by atoms with E-state index in [9.17, 15) is 18.0 Å². The number of carboxylic acids is 1. The standard InChI is InChI=1S/C9H7F3O3/c10-9(11,12)7-5(8(13)14)3-6(15-7)4-1-2-4/h3-4H,1-2H2,(H,13,14). The van der Waals surface area contributed by atoms with Gasteiger partial charge in [-0.25, -0.2) is 4.79 Å².